The van der Waals surface area contributed by atoms with Crippen LogP contribution in [0.5, 0.6) is 0 Å². The fourth-order valence-electron chi connectivity index (χ4n) is 1.38. The molecule has 0 unspecified atom stereocenters. The summed E-state index contributed by atoms with van der Waals surface area (Å²) in [4.78, 5) is 21.8. The van der Waals surface area contributed by atoms with E-state index in [1.54, 1.807) is 0 Å². The molecule has 8 heteroatoms. The van der Waals surface area contributed by atoms with Crippen molar-refractivity contribution in [1.82, 2.24) is 9.78 Å². The van der Waals surface area contributed by atoms with Gasteiger partial charge >= 0.3 is 12.1 Å². The molecule has 0 spiro atoms. The second-order valence-corrected chi connectivity index (χ2v) is 4.70. The summed E-state index contributed by atoms with van der Waals surface area (Å²) in [6.07, 6.45) is 1.61. The molecule has 4 N–H and O–H groups in total. The summed E-state index contributed by atoms with van der Waals surface area (Å²) < 4.78 is 0.492. The first kappa shape index (κ1) is 14.4. The summed E-state index contributed by atoms with van der Waals surface area (Å²) in [6.45, 7) is 2.06. The van der Waals surface area contributed by atoms with E-state index in [4.69, 9.17) is 15.9 Å². The van der Waals surface area contributed by atoms with Crippen LogP contribution in [0.25, 0.3) is 0 Å². The van der Waals surface area contributed by atoms with E-state index >= 15 is 0 Å². The minimum absolute atomic E-state index is 0.151. The van der Waals surface area contributed by atoms with Gasteiger partial charge in [0.25, 0.3) is 0 Å². The first-order chi connectivity index (χ1) is 8.49. The van der Waals surface area contributed by atoms with Crippen molar-refractivity contribution in [3.63, 3.8) is 0 Å². The van der Waals surface area contributed by atoms with Crippen molar-refractivity contribution in [3.8, 4) is 0 Å². The third-order valence-electron chi connectivity index (χ3n) is 2.27. The second-order valence-electron chi connectivity index (χ2n) is 3.62. The van der Waals surface area contributed by atoms with Gasteiger partial charge in [0, 0.05) is 0 Å². The molecule has 7 nitrogen and oxygen atoms in total. The standard InChI is InChI=1S/C10H15N3O4S/c1-2-3-4-5-18-8-6(9(14)15)7(11)13(12-8)10(16)17/h2-5,11H2,1H3,(H,14,15)(H,16,17). The molecule has 0 amide bonds. The van der Waals surface area contributed by atoms with Crippen LogP contribution < -0.4 is 5.73 Å². The number of unbranched alkanes of at least 4 members (excludes halogenated alkanes) is 2. The van der Waals surface area contributed by atoms with E-state index in [2.05, 4.69) is 12.0 Å². The maximum atomic E-state index is 11.0. The number of thioether (sulfide) groups is 1. The minimum atomic E-state index is -1.39. The highest BCUT2D eigenvalue weighted by Crippen LogP contribution is 2.27. The van der Waals surface area contributed by atoms with E-state index in [9.17, 15) is 9.59 Å². The molecular weight excluding hydrogens is 258 g/mol. The maximum Gasteiger partial charge on any atom is 0.434 e. The van der Waals surface area contributed by atoms with E-state index in [-0.39, 0.29) is 16.4 Å². The SMILES string of the molecule is CCCCCSc1nn(C(=O)O)c(N)c1C(=O)O. The summed E-state index contributed by atoms with van der Waals surface area (Å²) in [6, 6.07) is 0. The zero-order chi connectivity index (χ0) is 13.7. The largest absolute Gasteiger partial charge is 0.477 e. The predicted molar refractivity (Wildman–Crippen MR) is 67.3 cm³/mol. The van der Waals surface area contributed by atoms with Gasteiger partial charge in [0.2, 0.25) is 0 Å². The molecule has 1 aromatic heterocycles. The number of rotatable bonds is 6. The van der Waals surface area contributed by atoms with Crippen LogP contribution in [0.1, 0.15) is 36.5 Å². The maximum absolute atomic E-state index is 11.0. The number of nitrogens with two attached hydrogens (primary N) is 1. The molecule has 100 valence electrons. The number of anilines is 1. The van der Waals surface area contributed by atoms with Crippen molar-refractivity contribution in [2.75, 3.05) is 11.5 Å². The molecule has 0 aromatic carbocycles. The van der Waals surface area contributed by atoms with E-state index < -0.39 is 12.1 Å². The Kier molecular flexibility index (Phi) is 5.02. The summed E-state index contributed by atoms with van der Waals surface area (Å²) in [5.74, 6) is -0.935. The topological polar surface area (TPSA) is 118 Å². The van der Waals surface area contributed by atoms with Gasteiger partial charge in [-0.15, -0.1) is 16.4 Å². The van der Waals surface area contributed by atoms with E-state index in [1.807, 2.05) is 0 Å². The van der Waals surface area contributed by atoms with Crippen molar-refractivity contribution in [1.29, 1.82) is 0 Å². The Bertz CT molecular complexity index is 458. The molecule has 1 rings (SSSR count). The van der Waals surface area contributed by atoms with Crippen molar-refractivity contribution < 1.29 is 19.8 Å². The second kappa shape index (κ2) is 6.29. The Morgan fingerprint density at radius 1 is 1.39 bits per heavy atom. The van der Waals surface area contributed by atoms with Crippen molar-refractivity contribution >= 4 is 29.6 Å². The Balaban J connectivity index is 2.92. The van der Waals surface area contributed by atoms with Crippen LogP contribution in [-0.2, 0) is 0 Å². The lowest BCUT2D eigenvalue weighted by atomic mass is 10.3. The number of hydrogen-bond donors (Lipinski definition) is 3. The molecule has 0 atom stereocenters. The molecule has 0 saturated heterocycles. The van der Waals surface area contributed by atoms with Crippen LogP contribution in [0.4, 0.5) is 10.6 Å². The normalized spacial score (nSPS) is 10.5. The highest BCUT2D eigenvalue weighted by atomic mass is 32.2. The van der Waals surface area contributed by atoms with Crippen LogP contribution >= 0.6 is 11.8 Å². The van der Waals surface area contributed by atoms with Crippen LogP contribution in [0, 0.1) is 0 Å². The number of hydrogen-bond acceptors (Lipinski definition) is 5. The van der Waals surface area contributed by atoms with Gasteiger partial charge in [0.1, 0.15) is 16.4 Å². The number of nitrogen functional groups attached to an aromatic ring is 1. The van der Waals surface area contributed by atoms with Gasteiger partial charge in [-0.1, -0.05) is 19.8 Å². The average molecular weight is 273 g/mol. The fourth-order valence-corrected chi connectivity index (χ4v) is 2.40. The summed E-state index contributed by atoms with van der Waals surface area (Å²) >= 11 is 1.21. The first-order valence-corrected chi connectivity index (χ1v) is 6.45. The highest BCUT2D eigenvalue weighted by Gasteiger charge is 2.24. The average Bonchev–Trinajstić information content (AvgIpc) is 2.62. The third-order valence-corrected chi connectivity index (χ3v) is 3.32. The lowest BCUT2D eigenvalue weighted by Crippen LogP contribution is -2.13. The number of nitrogens with zero attached hydrogens (tertiary/aromatic N) is 2. The van der Waals surface area contributed by atoms with Crippen LogP contribution in [0.2, 0.25) is 0 Å². The third kappa shape index (κ3) is 3.16. The molecule has 18 heavy (non-hydrogen) atoms. The van der Waals surface area contributed by atoms with Crippen molar-refractivity contribution in [2.45, 2.75) is 31.2 Å². The van der Waals surface area contributed by atoms with E-state index in [0.717, 1.165) is 19.3 Å². The van der Waals surface area contributed by atoms with Crippen LogP contribution in [0.15, 0.2) is 5.03 Å². The summed E-state index contributed by atoms with van der Waals surface area (Å²) in [5.41, 5.74) is 5.22. The van der Waals surface area contributed by atoms with Gasteiger partial charge in [0.05, 0.1) is 0 Å². The number of aromatic nitrogens is 2. The number of carboxylic acids is 1. The van der Waals surface area contributed by atoms with Gasteiger partial charge in [-0.25, -0.2) is 9.59 Å². The quantitative estimate of drug-likeness (QED) is 0.535. The number of carboxylic acid groups (broad SMARTS) is 2. The molecule has 0 aliphatic rings. The van der Waals surface area contributed by atoms with Gasteiger partial charge in [0.15, 0.2) is 0 Å². The van der Waals surface area contributed by atoms with Gasteiger partial charge in [-0.2, -0.15) is 5.10 Å². The molecule has 0 bridgehead atoms. The number of carbonyl (C=O) groups is 2. The van der Waals surface area contributed by atoms with Crippen molar-refractivity contribution in [2.24, 2.45) is 0 Å². The minimum Gasteiger partial charge on any atom is -0.477 e. The van der Waals surface area contributed by atoms with Crippen LogP contribution in [0.3, 0.4) is 0 Å². The molecule has 1 heterocycles. The van der Waals surface area contributed by atoms with Gasteiger partial charge < -0.3 is 15.9 Å². The lowest BCUT2D eigenvalue weighted by Gasteiger charge is -1.98. The Morgan fingerprint density at radius 3 is 2.56 bits per heavy atom. The fraction of sp³-hybridized carbons (Fsp3) is 0.500. The Labute approximate surface area is 108 Å². The molecule has 0 fully saturated rings. The smallest absolute Gasteiger partial charge is 0.434 e. The first-order valence-electron chi connectivity index (χ1n) is 5.46. The van der Waals surface area contributed by atoms with Crippen molar-refractivity contribution in [3.05, 3.63) is 5.56 Å². The molecule has 0 aliphatic heterocycles. The Morgan fingerprint density at radius 2 is 2.06 bits per heavy atom. The molecule has 0 radical (unpaired) electrons. The summed E-state index contributed by atoms with van der Waals surface area (Å²) in [5, 5.41) is 21.7. The molecule has 0 aliphatic carbocycles. The van der Waals surface area contributed by atoms with E-state index in [1.165, 1.54) is 11.8 Å². The predicted octanol–water partition coefficient (Wildman–Crippen LogP) is 1.97. The van der Waals surface area contributed by atoms with E-state index in [0.29, 0.717) is 10.4 Å². The molecule has 0 saturated carbocycles. The summed E-state index contributed by atoms with van der Waals surface area (Å²) in [7, 11) is 0. The molecular formula is C10H15N3O4S. The monoisotopic (exact) mass is 273 g/mol. The van der Waals surface area contributed by atoms with Gasteiger partial charge in [-0.05, 0) is 12.2 Å². The van der Waals surface area contributed by atoms with Crippen LogP contribution in [-0.4, -0.2) is 37.8 Å². The highest BCUT2D eigenvalue weighted by molar-refractivity contribution is 7.99. The Hall–Kier alpha value is -1.70. The lowest BCUT2D eigenvalue weighted by molar-refractivity contribution is 0.0694. The number of aromatic carboxylic acids is 1. The zero-order valence-corrected chi connectivity index (χ0v) is 10.7. The molecule has 1 aromatic rings. The van der Waals surface area contributed by atoms with Gasteiger partial charge in [-0.3, -0.25) is 0 Å². The zero-order valence-electron chi connectivity index (χ0n) is 9.92.